The van der Waals surface area contributed by atoms with Crippen LogP contribution in [0.15, 0.2) is 42.5 Å². The Kier molecular flexibility index (Phi) is 9.07. The van der Waals surface area contributed by atoms with Crippen molar-refractivity contribution in [1.29, 1.82) is 0 Å². The quantitative estimate of drug-likeness (QED) is 0.397. The molecule has 0 aliphatic heterocycles. The van der Waals surface area contributed by atoms with E-state index in [9.17, 15) is 0 Å². The Bertz CT molecular complexity index is 1410. The molecule has 0 atom stereocenters. The molecule has 0 saturated heterocycles. The SMILES string of the molecule is CC#CC#CC#CC#CC#CC#CC#COc1ccc(Oc2cc(N)cc(N)c2)cc1.[HH].[HH].[HH].[HH].[HH].[HH].[HH].[HH].[HH].[HH].[HH].[HH].[HH].[HH].[HH].[HH].[HH]. The molecule has 0 fully saturated rings. The van der Waals surface area contributed by atoms with E-state index < -0.39 is 0 Å². The summed E-state index contributed by atoms with van der Waals surface area (Å²) in [6.45, 7) is 1.70. The number of ether oxygens (including phenoxy) is 2. The molecule has 0 aliphatic carbocycles. The van der Waals surface area contributed by atoms with Crippen molar-refractivity contribution in [2.45, 2.75) is 6.92 Å². The van der Waals surface area contributed by atoms with E-state index in [1.807, 2.05) is 0 Å². The molecule has 0 heterocycles. The summed E-state index contributed by atoms with van der Waals surface area (Å²) in [4.78, 5) is 0. The Balaban J connectivity index is -0.0000000430. The molecule has 4 N–H and O–H groups in total. The molecule has 0 aliphatic rings. The molecule has 0 aromatic heterocycles. The first-order valence-corrected chi connectivity index (χ1v) is 8.70. The Morgan fingerprint density at radius 1 is 0.581 bits per heavy atom. The van der Waals surface area contributed by atoms with Crippen molar-refractivity contribution in [1.82, 2.24) is 0 Å². The van der Waals surface area contributed by atoms with Gasteiger partial charge in [0.1, 0.15) is 23.4 Å². The lowest BCUT2D eigenvalue weighted by Gasteiger charge is -2.07. The van der Waals surface area contributed by atoms with Crippen LogP contribution in [0.3, 0.4) is 0 Å². The van der Waals surface area contributed by atoms with Gasteiger partial charge in [-0.2, -0.15) is 0 Å². The average molecular weight is 433 g/mol. The summed E-state index contributed by atoms with van der Waals surface area (Å²) in [7, 11) is 0. The van der Waals surface area contributed by atoms with Crippen molar-refractivity contribution >= 4 is 11.4 Å². The molecular weight excluding hydrogens is 384 g/mol. The number of anilines is 2. The monoisotopic (exact) mass is 432 g/mol. The molecule has 0 saturated carbocycles. The Morgan fingerprint density at radius 3 is 1.55 bits per heavy atom. The second-order valence-electron chi connectivity index (χ2n) is 5.36. The summed E-state index contributed by atoms with van der Waals surface area (Å²) in [5.74, 6) is 34.7. The van der Waals surface area contributed by atoms with Crippen LogP contribution in [-0.4, -0.2) is 0 Å². The van der Waals surface area contributed by atoms with Gasteiger partial charge >= 0.3 is 0 Å². The maximum absolute atomic E-state index is 5.75. The van der Waals surface area contributed by atoms with Crippen molar-refractivity contribution in [3.8, 4) is 100 Å². The molecule has 0 unspecified atom stereocenters. The van der Waals surface area contributed by atoms with E-state index in [2.05, 4.69) is 83.1 Å². The first-order chi connectivity index (χ1) is 15.2. The van der Waals surface area contributed by atoms with Gasteiger partial charge in [0.2, 0.25) is 0 Å². The highest BCUT2D eigenvalue weighted by Crippen LogP contribution is 2.27. The Labute approximate surface area is 207 Å². The first kappa shape index (κ1) is 21.9. The van der Waals surface area contributed by atoms with Crippen LogP contribution in [0.25, 0.3) is 0 Å². The van der Waals surface area contributed by atoms with Gasteiger partial charge in [0.15, 0.2) is 0 Å². The molecule has 0 radical (unpaired) electrons. The maximum Gasteiger partial charge on any atom is 0.140 e. The zero-order valence-corrected chi connectivity index (χ0v) is 16.5. The van der Waals surface area contributed by atoms with Crippen molar-refractivity contribution in [3.63, 3.8) is 0 Å². The zero-order valence-electron chi connectivity index (χ0n) is 16.5. The van der Waals surface area contributed by atoms with E-state index in [4.69, 9.17) is 20.9 Å². The van der Waals surface area contributed by atoms with E-state index in [-0.39, 0.29) is 24.3 Å². The van der Waals surface area contributed by atoms with Crippen molar-refractivity contribution in [2.24, 2.45) is 0 Å². The van der Waals surface area contributed by atoms with Crippen LogP contribution < -0.4 is 20.9 Å². The van der Waals surface area contributed by atoms with Crippen molar-refractivity contribution in [3.05, 3.63) is 42.5 Å². The lowest BCUT2D eigenvalue weighted by Crippen LogP contribution is -1.92. The number of nitrogens with two attached hydrogens (primary N) is 2. The average Bonchev–Trinajstić information content (AvgIpc) is 2.74. The van der Waals surface area contributed by atoms with Crippen LogP contribution in [-0.2, 0) is 0 Å². The smallest absolute Gasteiger partial charge is 0.140 e. The van der Waals surface area contributed by atoms with E-state index >= 15 is 0 Å². The summed E-state index contributed by atoms with van der Waals surface area (Å²) >= 11 is 0. The minimum atomic E-state index is 0. The minimum Gasteiger partial charge on any atom is -0.457 e. The van der Waals surface area contributed by atoms with Crippen LogP contribution in [0.1, 0.15) is 31.2 Å². The van der Waals surface area contributed by atoms with Gasteiger partial charge in [-0.15, -0.1) is 0 Å². The highest BCUT2D eigenvalue weighted by Gasteiger charge is 2.01. The second-order valence-corrected chi connectivity index (χ2v) is 5.36. The number of hydrogen-bond donors (Lipinski definition) is 2. The van der Waals surface area contributed by atoms with Crippen LogP contribution in [0.2, 0.25) is 0 Å². The van der Waals surface area contributed by atoms with Gasteiger partial charge < -0.3 is 20.9 Å². The minimum absolute atomic E-state index is 0. The Morgan fingerprint density at radius 2 is 1.03 bits per heavy atom. The fraction of sp³-hybridized carbons (Fsp3) is 0.0370. The summed E-state index contributed by atoms with van der Waals surface area (Å²) in [6, 6.07) is 11.9. The number of rotatable bonds is 3. The fourth-order valence-electron chi connectivity index (χ4n) is 1.90. The topological polar surface area (TPSA) is 70.5 Å². The summed E-state index contributed by atoms with van der Waals surface area (Å²) < 4.78 is 11.0. The molecule has 0 bridgehead atoms. The van der Waals surface area contributed by atoms with Gasteiger partial charge in [-0.1, -0.05) is 5.92 Å². The standard InChI is InChI=1S/C27H14N2O2.17H2/c1-2-3-4-5-6-7-8-9-10-11-12-13-14-19-30-25-15-17-26(18-16-25)31-27-21-23(28)20-24(29)22-27;;;;;;;;;;;;;;;;;/h15-18,20-22H,28-29H2,1H3;17*1H. The summed E-state index contributed by atoms with van der Waals surface area (Å²) in [6.07, 6.45) is 2.47. The highest BCUT2D eigenvalue weighted by molar-refractivity contribution is 5.57. The maximum atomic E-state index is 5.75. The largest absolute Gasteiger partial charge is 0.457 e. The van der Waals surface area contributed by atoms with Crippen molar-refractivity contribution < 1.29 is 33.7 Å². The molecule has 4 nitrogen and oxygen atoms in total. The van der Waals surface area contributed by atoms with Gasteiger partial charge in [-0.3, -0.25) is 0 Å². The molecule has 2 rings (SSSR count). The predicted octanol–water partition coefficient (Wildman–Crippen LogP) is 7.21. The Hall–Kier alpha value is -5.44. The molecule has 178 valence electrons. The third-order valence-corrected chi connectivity index (χ3v) is 3.04. The molecule has 31 heavy (non-hydrogen) atoms. The van der Waals surface area contributed by atoms with Crippen molar-refractivity contribution in [2.75, 3.05) is 11.5 Å². The molecule has 4 heteroatoms. The van der Waals surface area contributed by atoms with Gasteiger partial charge in [-0.05, 0) is 72.8 Å². The second kappa shape index (κ2) is 12.9. The summed E-state index contributed by atoms with van der Waals surface area (Å²) in [5.41, 5.74) is 12.5. The van der Waals surface area contributed by atoms with Gasteiger partial charge in [0.25, 0.3) is 0 Å². The van der Waals surface area contributed by atoms with Crippen LogP contribution in [0, 0.1) is 83.1 Å². The highest BCUT2D eigenvalue weighted by atomic mass is 16.5. The summed E-state index contributed by atoms with van der Waals surface area (Å²) in [5, 5.41) is 0. The van der Waals surface area contributed by atoms with Crippen LogP contribution in [0.5, 0.6) is 17.2 Å². The van der Waals surface area contributed by atoms with E-state index in [0.29, 0.717) is 28.6 Å². The number of benzene rings is 2. The molecular formula is C27H48N2O2. The predicted molar refractivity (Wildman–Crippen MR) is 158 cm³/mol. The first-order valence-electron chi connectivity index (χ1n) is 8.70. The number of hydrogen-bond acceptors (Lipinski definition) is 4. The van der Waals surface area contributed by atoms with Gasteiger partial charge in [0.05, 0.1) is 0 Å². The third kappa shape index (κ3) is 9.35. The van der Waals surface area contributed by atoms with Crippen LogP contribution in [0.4, 0.5) is 11.4 Å². The van der Waals surface area contributed by atoms with Crippen LogP contribution >= 0.6 is 0 Å². The molecule has 0 amide bonds. The molecule has 2 aromatic rings. The van der Waals surface area contributed by atoms with Gasteiger partial charge in [0, 0.05) is 83.3 Å². The van der Waals surface area contributed by atoms with E-state index in [1.54, 1.807) is 49.4 Å². The van der Waals surface area contributed by atoms with E-state index in [1.165, 1.54) is 0 Å². The third-order valence-electron chi connectivity index (χ3n) is 3.04. The lowest BCUT2D eigenvalue weighted by atomic mass is 10.2. The fourth-order valence-corrected chi connectivity index (χ4v) is 1.90. The molecule has 2 aromatic carbocycles. The van der Waals surface area contributed by atoms with Gasteiger partial charge in [-0.25, -0.2) is 0 Å². The zero-order chi connectivity index (χ0) is 22.2. The lowest BCUT2D eigenvalue weighted by molar-refractivity contribution is 0.479. The van der Waals surface area contributed by atoms with E-state index in [0.717, 1.165) is 0 Å². The normalized spacial score (nSPS) is 7.26. The number of nitrogen functional groups attached to an aromatic ring is 2. The molecule has 0 spiro atoms.